The van der Waals surface area contributed by atoms with Crippen LogP contribution >= 0.6 is 11.3 Å². The first-order valence-corrected chi connectivity index (χ1v) is 6.82. The molecule has 0 aliphatic heterocycles. The first-order valence-electron chi connectivity index (χ1n) is 5.94. The molecule has 0 fully saturated rings. The van der Waals surface area contributed by atoms with Crippen molar-refractivity contribution in [2.45, 2.75) is 19.8 Å². The van der Waals surface area contributed by atoms with E-state index in [0.29, 0.717) is 13.0 Å². The molecule has 0 atom stereocenters. The molecule has 1 heterocycles. The third kappa shape index (κ3) is 3.67. The summed E-state index contributed by atoms with van der Waals surface area (Å²) in [6.45, 7) is 2.70. The molecule has 0 unspecified atom stereocenters. The van der Waals surface area contributed by atoms with E-state index in [2.05, 4.69) is 10.3 Å². The fourth-order valence-electron chi connectivity index (χ4n) is 1.73. The molecule has 3 nitrogen and oxygen atoms in total. The summed E-state index contributed by atoms with van der Waals surface area (Å²) in [5, 5.41) is 2.94. The Kier molecular flexibility index (Phi) is 4.47. The third-order valence-corrected chi connectivity index (χ3v) is 3.63. The van der Waals surface area contributed by atoms with E-state index in [-0.39, 0.29) is 5.91 Å². The second-order valence-electron chi connectivity index (χ2n) is 4.17. The zero-order valence-electron chi connectivity index (χ0n) is 10.3. The Morgan fingerprint density at radius 3 is 2.94 bits per heavy atom. The fourth-order valence-corrected chi connectivity index (χ4v) is 2.33. The topological polar surface area (TPSA) is 42.0 Å². The maximum Gasteiger partial charge on any atom is 0.224 e. The Labute approximate surface area is 111 Å². The van der Waals surface area contributed by atoms with Gasteiger partial charge in [0.15, 0.2) is 0 Å². The van der Waals surface area contributed by atoms with Crippen molar-refractivity contribution in [1.29, 1.82) is 0 Å². The van der Waals surface area contributed by atoms with Crippen LogP contribution in [0.4, 0.5) is 0 Å². The Morgan fingerprint density at radius 2 is 2.22 bits per heavy atom. The average Bonchev–Trinajstić information content (AvgIpc) is 2.85. The Bertz CT molecular complexity index is 508. The van der Waals surface area contributed by atoms with Crippen molar-refractivity contribution >= 4 is 17.2 Å². The molecule has 0 saturated heterocycles. The van der Waals surface area contributed by atoms with Crippen LogP contribution in [0.5, 0.6) is 0 Å². The van der Waals surface area contributed by atoms with Crippen LogP contribution in [0.3, 0.4) is 0 Å². The second-order valence-corrected chi connectivity index (χ2v) is 5.14. The van der Waals surface area contributed by atoms with Crippen LogP contribution in [0.1, 0.15) is 16.0 Å². The highest BCUT2D eigenvalue weighted by Gasteiger charge is 2.05. The van der Waals surface area contributed by atoms with E-state index >= 15 is 0 Å². The lowest BCUT2D eigenvalue weighted by Crippen LogP contribution is -2.27. The molecule has 0 bridgehead atoms. The molecule has 94 valence electrons. The minimum atomic E-state index is 0.0776. The SMILES string of the molecule is Cc1ccccc1CC(=O)NCCc1cncs1. The Balaban J connectivity index is 1.77. The lowest BCUT2D eigenvalue weighted by molar-refractivity contribution is -0.120. The monoisotopic (exact) mass is 260 g/mol. The molecule has 0 radical (unpaired) electrons. The van der Waals surface area contributed by atoms with Gasteiger partial charge in [0, 0.05) is 24.0 Å². The number of aromatic nitrogens is 1. The van der Waals surface area contributed by atoms with Gasteiger partial charge in [0.1, 0.15) is 0 Å². The highest BCUT2D eigenvalue weighted by Crippen LogP contribution is 2.08. The molecular formula is C14H16N2OS. The predicted octanol–water partition coefficient (Wildman–Crippen LogP) is 2.35. The number of amides is 1. The van der Waals surface area contributed by atoms with Crippen LogP contribution in [0.25, 0.3) is 0 Å². The molecule has 0 aliphatic carbocycles. The standard InChI is InChI=1S/C14H16N2OS/c1-11-4-2-3-5-12(11)8-14(17)16-7-6-13-9-15-10-18-13/h2-5,9-10H,6-8H2,1H3,(H,16,17). The highest BCUT2D eigenvalue weighted by atomic mass is 32.1. The normalized spacial score (nSPS) is 10.3. The first kappa shape index (κ1) is 12.8. The quantitative estimate of drug-likeness (QED) is 0.896. The molecular weight excluding hydrogens is 244 g/mol. The van der Waals surface area contributed by atoms with Gasteiger partial charge in [-0.15, -0.1) is 11.3 Å². The molecule has 0 aliphatic rings. The van der Waals surface area contributed by atoms with Crippen molar-refractivity contribution in [1.82, 2.24) is 10.3 Å². The third-order valence-electron chi connectivity index (χ3n) is 2.79. The zero-order chi connectivity index (χ0) is 12.8. The smallest absolute Gasteiger partial charge is 0.224 e. The van der Waals surface area contributed by atoms with Crippen LogP contribution in [-0.4, -0.2) is 17.4 Å². The van der Waals surface area contributed by atoms with E-state index < -0.39 is 0 Å². The van der Waals surface area contributed by atoms with Gasteiger partial charge in [-0.25, -0.2) is 0 Å². The van der Waals surface area contributed by atoms with E-state index in [0.717, 1.165) is 17.5 Å². The molecule has 1 amide bonds. The van der Waals surface area contributed by atoms with Gasteiger partial charge in [0.25, 0.3) is 0 Å². The summed E-state index contributed by atoms with van der Waals surface area (Å²) < 4.78 is 0. The van der Waals surface area contributed by atoms with Gasteiger partial charge in [0.05, 0.1) is 11.9 Å². The minimum absolute atomic E-state index is 0.0776. The summed E-state index contributed by atoms with van der Waals surface area (Å²) >= 11 is 1.62. The molecule has 1 aromatic carbocycles. The lowest BCUT2D eigenvalue weighted by Gasteiger charge is -2.06. The number of thiazole rings is 1. The fraction of sp³-hybridized carbons (Fsp3) is 0.286. The van der Waals surface area contributed by atoms with Gasteiger partial charge in [-0.3, -0.25) is 9.78 Å². The summed E-state index contributed by atoms with van der Waals surface area (Å²) in [5.74, 6) is 0.0776. The van der Waals surface area contributed by atoms with Crippen molar-refractivity contribution < 1.29 is 4.79 Å². The number of aryl methyl sites for hydroxylation is 1. The summed E-state index contributed by atoms with van der Waals surface area (Å²) in [5.41, 5.74) is 4.06. The molecule has 0 spiro atoms. The van der Waals surface area contributed by atoms with Crippen LogP contribution < -0.4 is 5.32 Å². The van der Waals surface area contributed by atoms with Crippen molar-refractivity contribution in [2.24, 2.45) is 0 Å². The first-order chi connectivity index (χ1) is 8.75. The Morgan fingerprint density at radius 1 is 1.39 bits per heavy atom. The van der Waals surface area contributed by atoms with Crippen molar-refractivity contribution in [3.63, 3.8) is 0 Å². The largest absolute Gasteiger partial charge is 0.355 e. The average molecular weight is 260 g/mol. The summed E-state index contributed by atoms with van der Waals surface area (Å²) in [7, 11) is 0. The summed E-state index contributed by atoms with van der Waals surface area (Å²) in [6.07, 6.45) is 3.15. The number of benzene rings is 1. The van der Waals surface area contributed by atoms with Gasteiger partial charge in [0.2, 0.25) is 5.91 Å². The summed E-state index contributed by atoms with van der Waals surface area (Å²) in [6, 6.07) is 7.98. The molecule has 0 saturated carbocycles. The lowest BCUT2D eigenvalue weighted by atomic mass is 10.1. The number of rotatable bonds is 5. The van der Waals surface area contributed by atoms with Crippen LogP contribution in [0, 0.1) is 6.92 Å². The number of carbonyl (C=O) groups excluding carboxylic acids is 1. The van der Waals surface area contributed by atoms with E-state index in [9.17, 15) is 4.79 Å². The molecule has 1 N–H and O–H groups in total. The second kappa shape index (κ2) is 6.31. The molecule has 2 aromatic rings. The highest BCUT2D eigenvalue weighted by molar-refractivity contribution is 7.09. The van der Waals surface area contributed by atoms with E-state index in [1.165, 1.54) is 4.88 Å². The molecule has 18 heavy (non-hydrogen) atoms. The maximum atomic E-state index is 11.8. The number of hydrogen-bond donors (Lipinski definition) is 1. The van der Waals surface area contributed by atoms with Gasteiger partial charge in [-0.05, 0) is 18.1 Å². The number of hydrogen-bond acceptors (Lipinski definition) is 3. The maximum absolute atomic E-state index is 11.8. The van der Waals surface area contributed by atoms with Crippen molar-refractivity contribution in [3.05, 3.63) is 52.0 Å². The molecule has 4 heteroatoms. The van der Waals surface area contributed by atoms with Crippen LogP contribution in [0.15, 0.2) is 36.0 Å². The van der Waals surface area contributed by atoms with E-state index in [1.807, 2.05) is 42.9 Å². The zero-order valence-corrected chi connectivity index (χ0v) is 11.2. The van der Waals surface area contributed by atoms with E-state index in [4.69, 9.17) is 0 Å². The number of carbonyl (C=O) groups is 1. The predicted molar refractivity (Wildman–Crippen MR) is 73.7 cm³/mol. The van der Waals surface area contributed by atoms with E-state index in [1.54, 1.807) is 11.3 Å². The number of nitrogens with one attached hydrogen (secondary N) is 1. The Hall–Kier alpha value is -1.68. The van der Waals surface area contributed by atoms with Gasteiger partial charge in [-0.1, -0.05) is 24.3 Å². The van der Waals surface area contributed by atoms with Crippen molar-refractivity contribution in [2.75, 3.05) is 6.54 Å². The minimum Gasteiger partial charge on any atom is -0.355 e. The molecule has 1 aromatic heterocycles. The van der Waals surface area contributed by atoms with Crippen LogP contribution in [-0.2, 0) is 17.6 Å². The van der Waals surface area contributed by atoms with Gasteiger partial charge >= 0.3 is 0 Å². The van der Waals surface area contributed by atoms with Gasteiger partial charge in [-0.2, -0.15) is 0 Å². The number of nitrogens with zero attached hydrogens (tertiary/aromatic N) is 1. The molecule has 2 rings (SSSR count). The summed E-state index contributed by atoms with van der Waals surface area (Å²) in [4.78, 5) is 17.0. The van der Waals surface area contributed by atoms with Gasteiger partial charge < -0.3 is 5.32 Å². The van der Waals surface area contributed by atoms with Crippen molar-refractivity contribution in [3.8, 4) is 0 Å². The van der Waals surface area contributed by atoms with Crippen LogP contribution in [0.2, 0.25) is 0 Å².